The molecule has 0 saturated carbocycles. The van der Waals surface area contributed by atoms with Gasteiger partial charge >= 0.3 is 5.97 Å². The minimum Gasteiger partial charge on any atom is -0.457 e. The Labute approximate surface area is 139 Å². The van der Waals surface area contributed by atoms with Crippen molar-refractivity contribution in [2.24, 2.45) is 0 Å². The van der Waals surface area contributed by atoms with Crippen LogP contribution in [0.1, 0.15) is 15.9 Å². The highest BCUT2D eigenvalue weighted by molar-refractivity contribution is 6.33. The second kappa shape index (κ2) is 7.07. The molecule has 3 aromatic rings. The number of ether oxygens (including phenoxy) is 1. The number of hydrogen-bond acceptors (Lipinski definition) is 3. The molecular weight excluding hydrogens is 310 g/mol. The number of aromatic nitrogens is 1. The molecule has 0 saturated heterocycles. The maximum absolute atomic E-state index is 12.1. The minimum atomic E-state index is -0.362. The van der Waals surface area contributed by atoms with E-state index < -0.39 is 0 Å². The van der Waals surface area contributed by atoms with Gasteiger partial charge in [0, 0.05) is 28.5 Å². The molecule has 0 aliphatic rings. The fourth-order valence-corrected chi connectivity index (χ4v) is 2.44. The Morgan fingerprint density at radius 3 is 2.48 bits per heavy atom. The molecule has 23 heavy (non-hydrogen) atoms. The highest BCUT2D eigenvalue weighted by Crippen LogP contribution is 2.27. The van der Waals surface area contributed by atoms with Crippen molar-refractivity contribution >= 4 is 17.6 Å². The number of nitrogens with zero attached hydrogens (tertiary/aromatic N) is 1. The molecule has 0 aliphatic heterocycles. The van der Waals surface area contributed by atoms with Gasteiger partial charge in [0.15, 0.2) is 0 Å². The van der Waals surface area contributed by atoms with E-state index in [2.05, 4.69) is 4.98 Å². The Kier molecular flexibility index (Phi) is 4.69. The first kappa shape index (κ1) is 15.3. The predicted molar refractivity (Wildman–Crippen MR) is 90.2 cm³/mol. The van der Waals surface area contributed by atoms with Gasteiger partial charge < -0.3 is 4.74 Å². The van der Waals surface area contributed by atoms with E-state index in [0.29, 0.717) is 10.6 Å². The number of rotatable bonds is 4. The molecule has 0 spiro atoms. The Morgan fingerprint density at radius 2 is 1.78 bits per heavy atom. The number of halogens is 1. The molecule has 0 radical (unpaired) electrons. The second-order valence-corrected chi connectivity index (χ2v) is 5.40. The topological polar surface area (TPSA) is 39.2 Å². The summed E-state index contributed by atoms with van der Waals surface area (Å²) < 4.78 is 5.28. The van der Waals surface area contributed by atoms with Crippen LogP contribution in [0.25, 0.3) is 11.1 Å². The Hall–Kier alpha value is -2.65. The van der Waals surface area contributed by atoms with Crippen molar-refractivity contribution in [1.82, 2.24) is 4.98 Å². The van der Waals surface area contributed by atoms with E-state index in [9.17, 15) is 4.79 Å². The Morgan fingerprint density at radius 1 is 1.00 bits per heavy atom. The first-order valence-corrected chi connectivity index (χ1v) is 7.53. The molecule has 0 fully saturated rings. The molecule has 0 aliphatic carbocycles. The summed E-state index contributed by atoms with van der Waals surface area (Å²) in [5.74, 6) is -0.362. The molecule has 2 aromatic carbocycles. The van der Waals surface area contributed by atoms with Gasteiger partial charge in [-0.3, -0.25) is 4.98 Å². The van der Waals surface area contributed by atoms with Gasteiger partial charge in [0.1, 0.15) is 6.61 Å². The standard InChI is InChI=1S/C19H14ClNO2/c20-18-6-2-1-5-17(18)15-7-9-16(10-8-15)19(22)23-13-14-4-3-11-21-12-14/h1-12H,13H2. The van der Waals surface area contributed by atoms with Crippen molar-refractivity contribution in [2.45, 2.75) is 6.61 Å². The van der Waals surface area contributed by atoms with Gasteiger partial charge in [-0.2, -0.15) is 0 Å². The Balaban J connectivity index is 1.70. The summed E-state index contributed by atoms with van der Waals surface area (Å²) in [4.78, 5) is 16.0. The molecule has 4 heteroatoms. The molecule has 0 unspecified atom stereocenters. The van der Waals surface area contributed by atoms with Crippen LogP contribution < -0.4 is 0 Å². The van der Waals surface area contributed by atoms with Crippen molar-refractivity contribution in [1.29, 1.82) is 0 Å². The molecule has 0 bridgehead atoms. The van der Waals surface area contributed by atoms with Gasteiger partial charge in [0.2, 0.25) is 0 Å². The zero-order valence-corrected chi connectivity index (χ0v) is 13.0. The molecular formula is C19H14ClNO2. The lowest BCUT2D eigenvalue weighted by Gasteiger charge is -2.07. The number of esters is 1. The first-order chi connectivity index (χ1) is 11.2. The van der Waals surface area contributed by atoms with E-state index >= 15 is 0 Å². The maximum Gasteiger partial charge on any atom is 0.338 e. The fourth-order valence-electron chi connectivity index (χ4n) is 2.20. The molecule has 1 heterocycles. The van der Waals surface area contributed by atoms with Crippen molar-refractivity contribution in [3.05, 3.63) is 89.2 Å². The van der Waals surface area contributed by atoms with Crippen LogP contribution in [-0.4, -0.2) is 11.0 Å². The van der Waals surface area contributed by atoms with Gasteiger partial charge in [0.05, 0.1) is 5.56 Å². The molecule has 0 amide bonds. The average molecular weight is 324 g/mol. The van der Waals surface area contributed by atoms with Gasteiger partial charge in [-0.1, -0.05) is 48.0 Å². The highest BCUT2D eigenvalue weighted by atomic mass is 35.5. The summed E-state index contributed by atoms with van der Waals surface area (Å²) in [7, 11) is 0. The van der Waals surface area contributed by atoms with Crippen molar-refractivity contribution in [3.8, 4) is 11.1 Å². The summed E-state index contributed by atoms with van der Waals surface area (Å²) in [5, 5.41) is 0.680. The number of hydrogen-bond donors (Lipinski definition) is 0. The maximum atomic E-state index is 12.1. The number of benzene rings is 2. The van der Waals surface area contributed by atoms with Gasteiger partial charge in [-0.15, -0.1) is 0 Å². The lowest BCUT2D eigenvalue weighted by molar-refractivity contribution is 0.0472. The predicted octanol–water partition coefficient (Wildman–Crippen LogP) is 4.76. The molecule has 3 rings (SSSR count). The highest BCUT2D eigenvalue weighted by Gasteiger charge is 2.09. The van der Waals surface area contributed by atoms with E-state index in [1.165, 1.54) is 0 Å². The van der Waals surface area contributed by atoms with Crippen LogP contribution in [0.15, 0.2) is 73.1 Å². The summed E-state index contributed by atoms with van der Waals surface area (Å²) in [6, 6.07) is 18.5. The largest absolute Gasteiger partial charge is 0.457 e. The molecule has 114 valence electrons. The first-order valence-electron chi connectivity index (χ1n) is 7.15. The zero-order valence-electron chi connectivity index (χ0n) is 12.3. The normalized spacial score (nSPS) is 10.3. The van der Waals surface area contributed by atoms with E-state index in [1.54, 1.807) is 24.5 Å². The number of carbonyl (C=O) groups is 1. The number of pyridine rings is 1. The zero-order chi connectivity index (χ0) is 16.1. The minimum absolute atomic E-state index is 0.207. The van der Waals surface area contributed by atoms with E-state index in [-0.39, 0.29) is 12.6 Å². The lowest BCUT2D eigenvalue weighted by atomic mass is 10.0. The van der Waals surface area contributed by atoms with Crippen LogP contribution in [0.3, 0.4) is 0 Å². The summed E-state index contributed by atoms with van der Waals surface area (Å²) in [6.07, 6.45) is 3.35. The average Bonchev–Trinajstić information content (AvgIpc) is 2.61. The third-order valence-electron chi connectivity index (χ3n) is 3.40. The van der Waals surface area contributed by atoms with Gasteiger partial charge in [-0.25, -0.2) is 4.79 Å². The van der Waals surface area contributed by atoms with Gasteiger partial charge in [0.25, 0.3) is 0 Å². The van der Waals surface area contributed by atoms with Crippen molar-refractivity contribution in [2.75, 3.05) is 0 Å². The smallest absolute Gasteiger partial charge is 0.338 e. The van der Waals surface area contributed by atoms with Crippen LogP contribution >= 0.6 is 11.6 Å². The van der Waals surface area contributed by atoms with Gasteiger partial charge in [-0.05, 0) is 29.8 Å². The number of carbonyl (C=O) groups excluding carboxylic acids is 1. The fraction of sp³-hybridized carbons (Fsp3) is 0.0526. The van der Waals surface area contributed by atoms with Crippen LogP contribution in [0, 0.1) is 0 Å². The monoisotopic (exact) mass is 323 g/mol. The van der Waals surface area contributed by atoms with E-state index in [4.69, 9.17) is 16.3 Å². The van der Waals surface area contributed by atoms with Crippen LogP contribution in [0.4, 0.5) is 0 Å². The summed E-state index contributed by atoms with van der Waals surface area (Å²) in [6.45, 7) is 0.207. The summed E-state index contributed by atoms with van der Waals surface area (Å²) >= 11 is 6.18. The van der Waals surface area contributed by atoms with E-state index in [1.807, 2.05) is 48.5 Å². The SMILES string of the molecule is O=C(OCc1cccnc1)c1ccc(-c2ccccc2Cl)cc1. The van der Waals surface area contributed by atoms with Crippen molar-refractivity contribution in [3.63, 3.8) is 0 Å². The third kappa shape index (κ3) is 3.76. The third-order valence-corrected chi connectivity index (χ3v) is 3.73. The van der Waals surface area contributed by atoms with Crippen molar-refractivity contribution < 1.29 is 9.53 Å². The molecule has 1 aromatic heterocycles. The van der Waals surface area contributed by atoms with Crippen LogP contribution in [0.2, 0.25) is 5.02 Å². The quantitative estimate of drug-likeness (QED) is 0.650. The van der Waals surface area contributed by atoms with E-state index in [0.717, 1.165) is 16.7 Å². The summed E-state index contributed by atoms with van der Waals surface area (Å²) in [5.41, 5.74) is 3.25. The van der Waals surface area contributed by atoms with Crippen LogP contribution in [0.5, 0.6) is 0 Å². The lowest BCUT2D eigenvalue weighted by Crippen LogP contribution is -2.05. The van der Waals surface area contributed by atoms with Crippen LogP contribution in [-0.2, 0) is 11.3 Å². The second-order valence-electron chi connectivity index (χ2n) is 4.99. The molecule has 0 atom stereocenters. The molecule has 0 N–H and O–H groups in total. The molecule has 3 nitrogen and oxygen atoms in total. The Bertz CT molecular complexity index is 801.